The maximum atomic E-state index is 10.4. The molecule has 0 bridgehead atoms. The highest BCUT2D eigenvalue weighted by molar-refractivity contribution is 5.81. The van der Waals surface area contributed by atoms with Crippen molar-refractivity contribution in [1.29, 1.82) is 0 Å². The second kappa shape index (κ2) is 5.14. The summed E-state index contributed by atoms with van der Waals surface area (Å²) in [5.41, 5.74) is 4.96. The molecule has 0 saturated carbocycles. The number of nitrogens with one attached hydrogen (secondary N) is 1. The van der Waals surface area contributed by atoms with Crippen LogP contribution in [0.15, 0.2) is 0 Å². The van der Waals surface area contributed by atoms with Gasteiger partial charge < -0.3 is 21.1 Å². The van der Waals surface area contributed by atoms with Crippen molar-refractivity contribution in [2.45, 2.75) is 18.6 Å². The Balaban J connectivity index is 4.30. The van der Waals surface area contributed by atoms with Crippen LogP contribution in [0, 0.1) is 0 Å². The number of carboxylic acid groups (broad SMARTS) is 3. The lowest BCUT2D eigenvalue weighted by molar-refractivity contribution is -0.147. The van der Waals surface area contributed by atoms with Crippen molar-refractivity contribution >= 4 is 17.9 Å². The van der Waals surface area contributed by atoms with E-state index in [4.69, 9.17) is 21.1 Å². The number of aliphatic carboxylic acids is 3. The summed E-state index contributed by atoms with van der Waals surface area (Å²) in [4.78, 5) is 30.8. The first-order chi connectivity index (χ1) is 6.34. The molecular formula is C6H10N2O6. The summed E-state index contributed by atoms with van der Waals surface area (Å²) in [6.07, 6.45) is -2.34. The summed E-state index contributed by atoms with van der Waals surface area (Å²) >= 11 is 0. The molecule has 8 heteroatoms. The van der Waals surface area contributed by atoms with Crippen LogP contribution in [0.2, 0.25) is 0 Å². The van der Waals surface area contributed by atoms with Gasteiger partial charge >= 0.3 is 17.9 Å². The van der Waals surface area contributed by atoms with Crippen LogP contribution in [0.5, 0.6) is 0 Å². The zero-order chi connectivity index (χ0) is 11.3. The topological polar surface area (TPSA) is 150 Å². The fourth-order valence-corrected chi connectivity index (χ4v) is 0.680. The van der Waals surface area contributed by atoms with Crippen LogP contribution in [0.4, 0.5) is 0 Å². The first-order valence-corrected chi connectivity index (χ1v) is 3.53. The van der Waals surface area contributed by atoms with Crippen molar-refractivity contribution in [2.24, 2.45) is 5.73 Å². The third-order valence-corrected chi connectivity index (χ3v) is 1.32. The van der Waals surface area contributed by atoms with Gasteiger partial charge in [-0.25, -0.2) is 4.79 Å². The molecule has 0 aliphatic rings. The average molecular weight is 206 g/mol. The molecule has 0 spiro atoms. The Morgan fingerprint density at radius 3 is 1.93 bits per heavy atom. The Kier molecular flexibility index (Phi) is 4.53. The van der Waals surface area contributed by atoms with Crippen LogP contribution < -0.4 is 11.1 Å². The van der Waals surface area contributed by atoms with E-state index < -0.39 is 36.5 Å². The van der Waals surface area contributed by atoms with Gasteiger partial charge in [0.05, 0.1) is 6.42 Å². The Labute approximate surface area is 78.3 Å². The molecular weight excluding hydrogens is 196 g/mol. The van der Waals surface area contributed by atoms with Gasteiger partial charge in [-0.2, -0.15) is 0 Å². The predicted octanol–water partition coefficient (Wildman–Crippen LogP) is -2.13. The molecule has 0 heterocycles. The van der Waals surface area contributed by atoms with Gasteiger partial charge in [0.1, 0.15) is 6.04 Å². The van der Waals surface area contributed by atoms with E-state index in [1.807, 2.05) is 5.32 Å². The Bertz CT molecular complexity index is 253. The lowest BCUT2D eigenvalue weighted by Gasteiger charge is -2.14. The van der Waals surface area contributed by atoms with Gasteiger partial charge in [-0.15, -0.1) is 0 Å². The molecule has 0 aromatic carbocycles. The molecule has 0 radical (unpaired) electrons. The van der Waals surface area contributed by atoms with E-state index >= 15 is 0 Å². The summed E-state index contributed by atoms with van der Waals surface area (Å²) < 4.78 is 0. The third-order valence-electron chi connectivity index (χ3n) is 1.32. The second-order valence-corrected chi connectivity index (χ2v) is 2.47. The minimum absolute atomic E-state index is 0.740. The van der Waals surface area contributed by atoms with Gasteiger partial charge in [-0.1, -0.05) is 0 Å². The Morgan fingerprint density at radius 2 is 1.64 bits per heavy atom. The Hall–Kier alpha value is -1.67. The molecule has 1 unspecified atom stereocenters. The maximum absolute atomic E-state index is 10.4. The molecule has 80 valence electrons. The predicted molar refractivity (Wildman–Crippen MR) is 42.4 cm³/mol. The van der Waals surface area contributed by atoms with E-state index in [2.05, 4.69) is 0 Å². The fourth-order valence-electron chi connectivity index (χ4n) is 0.680. The van der Waals surface area contributed by atoms with E-state index in [9.17, 15) is 14.4 Å². The molecule has 14 heavy (non-hydrogen) atoms. The van der Waals surface area contributed by atoms with Crippen LogP contribution in [0.25, 0.3) is 0 Å². The minimum atomic E-state index is -1.60. The molecule has 0 aliphatic carbocycles. The van der Waals surface area contributed by atoms with E-state index in [0.29, 0.717) is 0 Å². The highest BCUT2D eigenvalue weighted by Gasteiger charge is 2.25. The second-order valence-electron chi connectivity index (χ2n) is 2.47. The summed E-state index contributed by atoms with van der Waals surface area (Å²) in [7, 11) is 0. The van der Waals surface area contributed by atoms with Gasteiger partial charge in [0.15, 0.2) is 6.17 Å². The molecule has 8 nitrogen and oxygen atoms in total. The number of hydrogen-bond acceptors (Lipinski definition) is 5. The van der Waals surface area contributed by atoms with Crippen molar-refractivity contribution in [3.05, 3.63) is 0 Å². The van der Waals surface area contributed by atoms with Gasteiger partial charge in [0.25, 0.3) is 0 Å². The largest absolute Gasteiger partial charge is 0.481 e. The van der Waals surface area contributed by atoms with Gasteiger partial charge in [-0.05, 0) is 0 Å². The van der Waals surface area contributed by atoms with Crippen molar-refractivity contribution < 1.29 is 29.7 Å². The van der Waals surface area contributed by atoms with E-state index in [0.717, 1.165) is 0 Å². The molecule has 0 aromatic heterocycles. The first-order valence-electron chi connectivity index (χ1n) is 3.53. The molecule has 0 saturated heterocycles. The molecule has 0 aromatic rings. The fraction of sp³-hybridized carbons (Fsp3) is 0.500. The zero-order valence-corrected chi connectivity index (χ0v) is 7.01. The van der Waals surface area contributed by atoms with Crippen LogP contribution in [-0.2, 0) is 14.4 Å². The lowest BCUT2D eigenvalue weighted by atomic mass is 10.2. The van der Waals surface area contributed by atoms with Crippen LogP contribution in [0.3, 0.4) is 0 Å². The lowest BCUT2D eigenvalue weighted by Crippen LogP contribution is -2.52. The minimum Gasteiger partial charge on any atom is -0.481 e. The Morgan fingerprint density at radius 1 is 1.14 bits per heavy atom. The molecule has 6 N–H and O–H groups in total. The number of nitrogens with two attached hydrogens (primary N) is 1. The van der Waals surface area contributed by atoms with Crippen LogP contribution in [0.1, 0.15) is 6.42 Å². The zero-order valence-electron chi connectivity index (χ0n) is 7.01. The SMILES string of the molecule is NC(N[C@@H](CC(=O)O)C(=O)O)C(=O)O. The van der Waals surface area contributed by atoms with Crippen molar-refractivity contribution in [3.63, 3.8) is 0 Å². The summed E-state index contributed by atoms with van der Waals surface area (Å²) in [5.74, 6) is -4.28. The summed E-state index contributed by atoms with van der Waals surface area (Å²) in [6.45, 7) is 0. The first kappa shape index (κ1) is 12.3. The molecule has 0 fully saturated rings. The average Bonchev–Trinajstić information content (AvgIpc) is 2.01. The number of rotatable bonds is 6. The third kappa shape index (κ3) is 4.38. The van der Waals surface area contributed by atoms with Gasteiger partial charge in [-0.3, -0.25) is 14.9 Å². The maximum Gasteiger partial charge on any atom is 0.335 e. The van der Waals surface area contributed by atoms with Crippen molar-refractivity contribution in [2.75, 3.05) is 0 Å². The molecule has 0 aliphatic heterocycles. The standard InChI is InChI=1S/C6H10N2O6/c7-4(6(13)14)8-2(5(11)12)1-3(9)10/h2,4,8H,1,7H2,(H,9,10)(H,11,12)(H,13,14)/t2-,4?/m0/s1. The van der Waals surface area contributed by atoms with Crippen LogP contribution in [-0.4, -0.2) is 45.4 Å². The monoisotopic (exact) mass is 206 g/mol. The smallest absolute Gasteiger partial charge is 0.335 e. The molecule has 0 amide bonds. The summed E-state index contributed by atoms with van der Waals surface area (Å²) in [6, 6.07) is -1.52. The quantitative estimate of drug-likeness (QED) is 0.309. The number of hydrogen-bond donors (Lipinski definition) is 5. The summed E-state index contributed by atoms with van der Waals surface area (Å²) in [5, 5.41) is 27.0. The van der Waals surface area contributed by atoms with E-state index in [1.165, 1.54) is 0 Å². The van der Waals surface area contributed by atoms with Gasteiger partial charge in [0, 0.05) is 0 Å². The highest BCUT2D eigenvalue weighted by Crippen LogP contribution is 1.93. The van der Waals surface area contributed by atoms with E-state index in [-0.39, 0.29) is 0 Å². The molecule has 0 rings (SSSR count). The molecule has 2 atom stereocenters. The normalized spacial score (nSPS) is 14.4. The van der Waals surface area contributed by atoms with E-state index in [1.54, 1.807) is 0 Å². The number of carboxylic acids is 3. The van der Waals surface area contributed by atoms with Crippen LogP contribution >= 0.6 is 0 Å². The highest BCUT2D eigenvalue weighted by atomic mass is 16.4. The number of carbonyl (C=O) groups is 3. The van der Waals surface area contributed by atoms with Gasteiger partial charge in [0.2, 0.25) is 0 Å². The van der Waals surface area contributed by atoms with Crippen molar-refractivity contribution in [1.82, 2.24) is 5.32 Å². The van der Waals surface area contributed by atoms with Crippen molar-refractivity contribution in [3.8, 4) is 0 Å².